The Balaban J connectivity index is 1.97. The van der Waals surface area contributed by atoms with E-state index in [1.807, 2.05) is 42.4 Å². The molecule has 2 aromatic rings. The lowest BCUT2D eigenvalue weighted by molar-refractivity contribution is 0.0655. The van der Waals surface area contributed by atoms with Crippen molar-refractivity contribution < 1.29 is 9.32 Å². The summed E-state index contributed by atoms with van der Waals surface area (Å²) in [7, 11) is 0. The molecule has 6 heteroatoms. The van der Waals surface area contributed by atoms with Crippen molar-refractivity contribution in [3.63, 3.8) is 0 Å². The van der Waals surface area contributed by atoms with Gasteiger partial charge in [-0.25, -0.2) is 0 Å². The zero-order valence-corrected chi connectivity index (χ0v) is 13.5. The molecule has 0 spiro atoms. The number of carbonyl (C=O) groups excluding carboxylic acids is 1. The van der Waals surface area contributed by atoms with Gasteiger partial charge in [0, 0.05) is 43.1 Å². The topological polar surface area (TPSA) is 63.3 Å². The van der Waals surface area contributed by atoms with Crippen molar-refractivity contribution in [1.82, 2.24) is 19.9 Å². The van der Waals surface area contributed by atoms with Gasteiger partial charge in [0.25, 0.3) is 5.91 Å². The number of rotatable bonds is 2. The molecule has 22 heavy (non-hydrogen) atoms. The minimum atomic E-state index is 0.0913. The summed E-state index contributed by atoms with van der Waals surface area (Å²) in [4.78, 5) is 14.8. The Bertz CT molecular complexity index is 701. The predicted molar refractivity (Wildman–Crippen MR) is 83.4 cm³/mol. The van der Waals surface area contributed by atoms with Gasteiger partial charge in [-0.05, 0) is 33.8 Å². The van der Waals surface area contributed by atoms with Gasteiger partial charge in [-0.1, -0.05) is 5.16 Å². The molecule has 0 saturated carbocycles. The first-order valence-corrected chi connectivity index (χ1v) is 7.63. The van der Waals surface area contributed by atoms with Gasteiger partial charge in [-0.2, -0.15) is 0 Å². The monoisotopic (exact) mass is 302 g/mol. The van der Waals surface area contributed by atoms with Gasteiger partial charge in [0.1, 0.15) is 5.76 Å². The Morgan fingerprint density at radius 3 is 2.77 bits per heavy atom. The van der Waals surface area contributed by atoms with E-state index < -0.39 is 0 Å². The Hall–Kier alpha value is -2.08. The van der Waals surface area contributed by atoms with Crippen LogP contribution in [0.5, 0.6) is 0 Å². The van der Waals surface area contributed by atoms with Gasteiger partial charge in [-0.3, -0.25) is 9.36 Å². The second-order valence-corrected chi connectivity index (χ2v) is 5.97. The van der Waals surface area contributed by atoms with Crippen LogP contribution in [0.1, 0.15) is 34.4 Å². The summed E-state index contributed by atoms with van der Waals surface area (Å²) >= 11 is 0. The zero-order chi connectivity index (χ0) is 15.9. The summed E-state index contributed by atoms with van der Waals surface area (Å²) in [5.74, 6) is 1.57. The highest BCUT2D eigenvalue weighted by atomic mass is 16.5. The SMILES string of the molecule is Cc1cc(-n2c(C)cc(C(=O)N3CCNCC3C)c2C)no1. The Morgan fingerprint density at radius 2 is 2.14 bits per heavy atom. The van der Waals surface area contributed by atoms with Crippen molar-refractivity contribution in [1.29, 1.82) is 0 Å². The van der Waals surface area contributed by atoms with Crippen LogP contribution in [0.15, 0.2) is 16.7 Å². The maximum Gasteiger partial charge on any atom is 0.256 e. The molecule has 2 aromatic heterocycles. The number of aromatic nitrogens is 2. The number of nitrogens with zero attached hydrogens (tertiary/aromatic N) is 3. The van der Waals surface area contributed by atoms with Gasteiger partial charge >= 0.3 is 0 Å². The molecule has 1 aliphatic rings. The maximum atomic E-state index is 12.9. The zero-order valence-electron chi connectivity index (χ0n) is 13.5. The molecule has 1 unspecified atom stereocenters. The molecule has 1 saturated heterocycles. The lowest BCUT2D eigenvalue weighted by atomic mass is 10.1. The molecule has 0 radical (unpaired) electrons. The van der Waals surface area contributed by atoms with Crippen molar-refractivity contribution in [2.75, 3.05) is 19.6 Å². The molecule has 3 heterocycles. The van der Waals surface area contributed by atoms with Crippen LogP contribution < -0.4 is 5.32 Å². The molecule has 1 amide bonds. The van der Waals surface area contributed by atoms with Gasteiger partial charge in [0.15, 0.2) is 5.82 Å². The van der Waals surface area contributed by atoms with E-state index in [9.17, 15) is 4.79 Å². The van der Waals surface area contributed by atoms with Gasteiger partial charge in [-0.15, -0.1) is 0 Å². The number of nitrogens with one attached hydrogen (secondary N) is 1. The minimum absolute atomic E-state index is 0.0913. The summed E-state index contributed by atoms with van der Waals surface area (Å²) in [6.07, 6.45) is 0. The van der Waals surface area contributed by atoms with Crippen molar-refractivity contribution >= 4 is 5.91 Å². The Labute approximate surface area is 130 Å². The summed E-state index contributed by atoms with van der Waals surface area (Å²) < 4.78 is 7.13. The van der Waals surface area contributed by atoms with E-state index in [-0.39, 0.29) is 11.9 Å². The highest BCUT2D eigenvalue weighted by Gasteiger charge is 2.27. The molecular formula is C16H22N4O2. The molecule has 1 aliphatic heterocycles. The average Bonchev–Trinajstić information content (AvgIpc) is 3.02. The van der Waals surface area contributed by atoms with Crippen molar-refractivity contribution in [2.24, 2.45) is 0 Å². The van der Waals surface area contributed by atoms with Crippen LogP contribution in [-0.2, 0) is 0 Å². The Kier molecular flexibility index (Phi) is 3.78. The Morgan fingerprint density at radius 1 is 1.36 bits per heavy atom. The van der Waals surface area contributed by atoms with Crippen LogP contribution >= 0.6 is 0 Å². The number of piperazine rings is 1. The molecule has 0 aromatic carbocycles. The molecular weight excluding hydrogens is 280 g/mol. The number of aryl methyl sites for hydroxylation is 2. The first-order valence-electron chi connectivity index (χ1n) is 7.63. The summed E-state index contributed by atoms with van der Waals surface area (Å²) in [5.41, 5.74) is 2.63. The van der Waals surface area contributed by atoms with Gasteiger partial charge in [0.05, 0.1) is 5.56 Å². The van der Waals surface area contributed by atoms with E-state index in [0.717, 1.165) is 48.2 Å². The highest BCUT2D eigenvalue weighted by molar-refractivity contribution is 5.96. The predicted octanol–water partition coefficient (Wildman–Crippen LogP) is 1.82. The van der Waals surface area contributed by atoms with Crippen LogP contribution in [0.25, 0.3) is 5.82 Å². The van der Waals surface area contributed by atoms with Crippen molar-refractivity contribution in [3.8, 4) is 5.82 Å². The number of amides is 1. The summed E-state index contributed by atoms with van der Waals surface area (Å²) in [5, 5.41) is 7.37. The third-order valence-corrected chi connectivity index (χ3v) is 4.27. The lowest BCUT2D eigenvalue weighted by Crippen LogP contribution is -2.52. The third kappa shape index (κ3) is 2.43. The number of hydrogen-bond donors (Lipinski definition) is 1. The van der Waals surface area contributed by atoms with E-state index in [1.54, 1.807) is 0 Å². The molecule has 1 atom stereocenters. The first-order chi connectivity index (χ1) is 10.5. The van der Waals surface area contributed by atoms with E-state index in [4.69, 9.17) is 4.52 Å². The quantitative estimate of drug-likeness (QED) is 0.919. The first kappa shape index (κ1) is 14.8. The van der Waals surface area contributed by atoms with Gasteiger partial charge in [0.2, 0.25) is 0 Å². The normalized spacial score (nSPS) is 18.7. The summed E-state index contributed by atoms with van der Waals surface area (Å²) in [6, 6.07) is 4.02. The fourth-order valence-corrected chi connectivity index (χ4v) is 3.09. The van der Waals surface area contributed by atoms with Crippen LogP contribution in [0, 0.1) is 20.8 Å². The summed E-state index contributed by atoms with van der Waals surface area (Å²) in [6.45, 7) is 10.3. The van der Waals surface area contributed by atoms with Gasteiger partial charge < -0.3 is 14.7 Å². The molecule has 0 aliphatic carbocycles. The fourth-order valence-electron chi connectivity index (χ4n) is 3.09. The molecule has 3 rings (SSSR count). The second kappa shape index (κ2) is 5.61. The van der Waals surface area contributed by atoms with Crippen LogP contribution in [0.3, 0.4) is 0 Å². The van der Waals surface area contributed by atoms with E-state index in [0.29, 0.717) is 0 Å². The molecule has 0 bridgehead atoms. The van der Waals surface area contributed by atoms with E-state index in [2.05, 4.69) is 17.4 Å². The fraction of sp³-hybridized carbons (Fsp3) is 0.500. The smallest absolute Gasteiger partial charge is 0.256 e. The molecule has 1 N–H and O–H groups in total. The largest absolute Gasteiger partial charge is 0.360 e. The van der Waals surface area contributed by atoms with E-state index >= 15 is 0 Å². The molecule has 6 nitrogen and oxygen atoms in total. The highest BCUT2D eigenvalue weighted by Crippen LogP contribution is 2.22. The maximum absolute atomic E-state index is 12.9. The van der Waals surface area contributed by atoms with Crippen molar-refractivity contribution in [3.05, 3.63) is 34.8 Å². The standard InChI is InChI=1S/C16H22N4O2/c1-10-7-14(16(21)19-6-5-17-9-11(19)2)13(4)20(10)15-8-12(3)22-18-15/h7-8,11,17H,5-6,9H2,1-4H3. The third-order valence-electron chi connectivity index (χ3n) is 4.27. The number of hydrogen-bond acceptors (Lipinski definition) is 4. The lowest BCUT2D eigenvalue weighted by Gasteiger charge is -2.34. The molecule has 118 valence electrons. The van der Waals surface area contributed by atoms with Crippen molar-refractivity contribution in [2.45, 2.75) is 33.7 Å². The number of carbonyl (C=O) groups is 1. The average molecular weight is 302 g/mol. The molecule has 1 fully saturated rings. The second-order valence-electron chi connectivity index (χ2n) is 5.97. The van der Waals surface area contributed by atoms with Crippen LogP contribution in [0.2, 0.25) is 0 Å². The van der Waals surface area contributed by atoms with E-state index in [1.165, 1.54) is 0 Å². The minimum Gasteiger partial charge on any atom is -0.360 e. The van der Waals surface area contributed by atoms with Crippen LogP contribution in [-0.4, -0.2) is 46.2 Å². The van der Waals surface area contributed by atoms with Crippen LogP contribution in [0.4, 0.5) is 0 Å².